The Labute approximate surface area is 198 Å². The molecule has 1 fully saturated rings. The quantitative estimate of drug-likeness (QED) is 0.234. The number of nitrogens with one attached hydrogen (secondary N) is 2. The van der Waals surface area contributed by atoms with Crippen molar-refractivity contribution in [3.63, 3.8) is 0 Å². The number of halogens is 1. The molecule has 0 spiro atoms. The summed E-state index contributed by atoms with van der Waals surface area (Å²) in [5, 5.41) is 6.73. The number of nitrogens with two attached hydrogens (primary N) is 1. The van der Waals surface area contributed by atoms with Gasteiger partial charge in [-0.15, -0.1) is 24.0 Å². The molecule has 176 valence electrons. The van der Waals surface area contributed by atoms with Crippen LogP contribution in [0.3, 0.4) is 0 Å². The SMILES string of the molecule is CCCN(CCN=C(NCC)NC1CCN(CC(N)=O)CC1)C(=O)OC(C)(C)C.I. The molecule has 2 amide bonds. The van der Waals surface area contributed by atoms with Crippen LogP contribution in [0, 0.1) is 0 Å². The summed E-state index contributed by atoms with van der Waals surface area (Å²) < 4.78 is 5.49. The number of hydrogen-bond acceptors (Lipinski definition) is 5. The summed E-state index contributed by atoms with van der Waals surface area (Å²) in [7, 11) is 0. The fourth-order valence-corrected chi connectivity index (χ4v) is 3.14. The zero-order chi connectivity index (χ0) is 21.9. The monoisotopic (exact) mass is 540 g/mol. The van der Waals surface area contributed by atoms with Crippen LogP contribution in [0.1, 0.15) is 53.9 Å². The van der Waals surface area contributed by atoms with Crippen LogP contribution in [0.4, 0.5) is 4.79 Å². The minimum absolute atomic E-state index is 0. The number of amides is 2. The van der Waals surface area contributed by atoms with E-state index in [0.29, 0.717) is 32.2 Å². The van der Waals surface area contributed by atoms with Crippen LogP contribution in [0.25, 0.3) is 0 Å². The van der Waals surface area contributed by atoms with E-state index in [9.17, 15) is 9.59 Å². The maximum Gasteiger partial charge on any atom is 0.410 e. The Hall–Kier alpha value is -1.30. The molecule has 0 bridgehead atoms. The number of guanidine groups is 1. The van der Waals surface area contributed by atoms with Gasteiger partial charge in [-0.25, -0.2) is 4.79 Å². The fraction of sp³-hybridized carbons (Fsp3) is 0.850. The zero-order valence-electron chi connectivity index (χ0n) is 19.2. The second-order valence-corrected chi connectivity index (χ2v) is 8.39. The van der Waals surface area contributed by atoms with Gasteiger partial charge in [0, 0.05) is 38.8 Å². The summed E-state index contributed by atoms with van der Waals surface area (Å²) in [4.78, 5) is 31.8. The average Bonchev–Trinajstić information content (AvgIpc) is 2.61. The van der Waals surface area contributed by atoms with Crippen molar-refractivity contribution in [1.29, 1.82) is 0 Å². The van der Waals surface area contributed by atoms with E-state index in [1.165, 1.54) is 0 Å². The van der Waals surface area contributed by atoms with E-state index in [4.69, 9.17) is 10.5 Å². The van der Waals surface area contributed by atoms with Gasteiger partial charge in [0.2, 0.25) is 5.91 Å². The second kappa shape index (κ2) is 14.7. The largest absolute Gasteiger partial charge is 0.444 e. The van der Waals surface area contributed by atoms with E-state index in [1.54, 1.807) is 4.90 Å². The van der Waals surface area contributed by atoms with Crippen molar-refractivity contribution in [2.75, 3.05) is 45.8 Å². The van der Waals surface area contributed by atoms with Crippen molar-refractivity contribution in [2.45, 2.75) is 65.5 Å². The topological polar surface area (TPSA) is 112 Å². The Morgan fingerprint density at radius 2 is 1.83 bits per heavy atom. The fourth-order valence-electron chi connectivity index (χ4n) is 3.14. The van der Waals surface area contributed by atoms with Crippen molar-refractivity contribution in [2.24, 2.45) is 10.7 Å². The minimum atomic E-state index is -0.508. The van der Waals surface area contributed by atoms with Gasteiger partial charge in [-0.05, 0) is 47.0 Å². The molecule has 1 aliphatic rings. The van der Waals surface area contributed by atoms with Gasteiger partial charge in [0.1, 0.15) is 5.60 Å². The molecule has 0 unspecified atom stereocenters. The summed E-state index contributed by atoms with van der Waals surface area (Å²) in [6.45, 7) is 14.1. The van der Waals surface area contributed by atoms with Gasteiger partial charge in [-0.2, -0.15) is 0 Å². The molecule has 0 aromatic rings. The first-order valence-electron chi connectivity index (χ1n) is 10.7. The van der Waals surface area contributed by atoms with Crippen molar-refractivity contribution < 1.29 is 14.3 Å². The van der Waals surface area contributed by atoms with E-state index in [0.717, 1.165) is 44.9 Å². The highest BCUT2D eigenvalue weighted by Gasteiger charge is 2.22. The number of carbonyl (C=O) groups is 2. The first-order chi connectivity index (χ1) is 13.6. The molecule has 1 saturated heterocycles. The number of likely N-dealkylation sites (tertiary alicyclic amines) is 1. The van der Waals surface area contributed by atoms with Crippen LogP contribution >= 0.6 is 24.0 Å². The molecule has 9 nitrogen and oxygen atoms in total. The average molecular weight is 540 g/mol. The normalized spacial score (nSPS) is 15.8. The van der Waals surface area contributed by atoms with Crippen molar-refractivity contribution in [3.05, 3.63) is 0 Å². The number of hydrogen-bond donors (Lipinski definition) is 3. The van der Waals surface area contributed by atoms with E-state index >= 15 is 0 Å². The lowest BCUT2D eigenvalue weighted by molar-refractivity contribution is -0.119. The number of primary amides is 1. The molecular formula is C20H41IN6O3. The molecule has 0 saturated carbocycles. The zero-order valence-corrected chi connectivity index (χ0v) is 21.5. The Kier molecular flexibility index (Phi) is 14.0. The number of rotatable bonds is 9. The molecule has 10 heteroatoms. The summed E-state index contributed by atoms with van der Waals surface area (Å²) in [6, 6.07) is 0.300. The summed E-state index contributed by atoms with van der Waals surface area (Å²) in [5.74, 6) is 0.467. The molecule has 1 aliphatic heterocycles. The third-order valence-electron chi connectivity index (χ3n) is 4.44. The van der Waals surface area contributed by atoms with Crippen LogP contribution in [-0.2, 0) is 9.53 Å². The predicted octanol–water partition coefficient (Wildman–Crippen LogP) is 1.76. The maximum atomic E-state index is 12.4. The van der Waals surface area contributed by atoms with Crippen LogP contribution in [0.15, 0.2) is 4.99 Å². The second-order valence-electron chi connectivity index (χ2n) is 8.39. The third-order valence-corrected chi connectivity index (χ3v) is 4.44. The van der Waals surface area contributed by atoms with Crippen LogP contribution < -0.4 is 16.4 Å². The Balaban J connectivity index is 0.00000841. The Morgan fingerprint density at radius 1 is 1.20 bits per heavy atom. The highest BCUT2D eigenvalue weighted by atomic mass is 127. The van der Waals surface area contributed by atoms with Crippen molar-refractivity contribution >= 4 is 41.9 Å². The number of carbonyl (C=O) groups excluding carboxylic acids is 2. The molecule has 4 N–H and O–H groups in total. The highest BCUT2D eigenvalue weighted by Crippen LogP contribution is 2.11. The van der Waals surface area contributed by atoms with E-state index < -0.39 is 5.60 Å². The van der Waals surface area contributed by atoms with Gasteiger partial charge in [0.15, 0.2) is 5.96 Å². The Bertz CT molecular complexity index is 545. The predicted molar refractivity (Wildman–Crippen MR) is 131 cm³/mol. The minimum Gasteiger partial charge on any atom is -0.444 e. The van der Waals surface area contributed by atoms with Gasteiger partial charge < -0.3 is 26.0 Å². The number of piperidine rings is 1. The van der Waals surface area contributed by atoms with Gasteiger partial charge in [-0.3, -0.25) is 14.7 Å². The molecule has 0 aliphatic carbocycles. The smallest absolute Gasteiger partial charge is 0.410 e. The lowest BCUT2D eigenvalue weighted by Crippen LogP contribution is -2.50. The molecule has 30 heavy (non-hydrogen) atoms. The maximum absolute atomic E-state index is 12.4. The molecule has 0 radical (unpaired) electrons. The highest BCUT2D eigenvalue weighted by molar-refractivity contribution is 14.0. The van der Waals surface area contributed by atoms with Crippen molar-refractivity contribution in [1.82, 2.24) is 20.4 Å². The lowest BCUT2D eigenvalue weighted by Gasteiger charge is -2.32. The van der Waals surface area contributed by atoms with Crippen LogP contribution in [0.5, 0.6) is 0 Å². The number of ether oxygens (including phenoxy) is 1. The van der Waals surface area contributed by atoms with E-state index in [1.807, 2.05) is 34.6 Å². The molecule has 1 heterocycles. The summed E-state index contributed by atoms with van der Waals surface area (Å²) in [6.07, 6.45) is 2.43. The summed E-state index contributed by atoms with van der Waals surface area (Å²) in [5.41, 5.74) is 4.76. The molecule has 0 aromatic heterocycles. The van der Waals surface area contributed by atoms with Crippen LogP contribution in [-0.4, -0.2) is 85.2 Å². The van der Waals surface area contributed by atoms with E-state index in [-0.39, 0.29) is 36.0 Å². The molecule has 0 atom stereocenters. The molecular weight excluding hydrogens is 499 g/mol. The van der Waals surface area contributed by atoms with Gasteiger partial charge in [-0.1, -0.05) is 6.92 Å². The Morgan fingerprint density at radius 3 is 2.33 bits per heavy atom. The number of aliphatic imine (C=N–C) groups is 1. The third kappa shape index (κ3) is 12.4. The summed E-state index contributed by atoms with van der Waals surface area (Å²) >= 11 is 0. The lowest BCUT2D eigenvalue weighted by atomic mass is 10.1. The first-order valence-corrected chi connectivity index (χ1v) is 10.7. The first kappa shape index (κ1) is 28.7. The van der Waals surface area contributed by atoms with Crippen molar-refractivity contribution in [3.8, 4) is 0 Å². The van der Waals surface area contributed by atoms with Gasteiger partial charge >= 0.3 is 6.09 Å². The van der Waals surface area contributed by atoms with E-state index in [2.05, 4.69) is 20.5 Å². The van der Waals surface area contributed by atoms with Crippen LogP contribution in [0.2, 0.25) is 0 Å². The number of nitrogens with zero attached hydrogens (tertiary/aromatic N) is 3. The van der Waals surface area contributed by atoms with Gasteiger partial charge in [0.25, 0.3) is 0 Å². The molecule has 1 rings (SSSR count). The molecule has 0 aromatic carbocycles. The van der Waals surface area contributed by atoms with Gasteiger partial charge in [0.05, 0.1) is 13.1 Å². The standard InChI is InChI=1S/C20H40N6O3.HI/c1-6-11-26(19(28)29-20(3,4)5)14-10-23-18(22-7-2)24-16-8-12-25(13-9-16)15-17(21)27;/h16H,6-15H2,1-5H3,(H2,21,27)(H2,22,23,24);1H.